The lowest BCUT2D eigenvalue weighted by Crippen LogP contribution is -2.36. The summed E-state index contributed by atoms with van der Waals surface area (Å²) in [5, 5.41) is 6.68. The number of rotatable bonds is 6. The molecule has 0 amide bonds. The predicted octanol–water partition coefficient (Wildman–Crippen LogP) is 3.95. The van der Waals surface area contributed by atoms with Crippen LogP contribution in [0.25, 0.3) is 0 Å². The van der Waals surface area contributed by atoms with Crippen molar-refractivity contribution in [2.45, 2.75) is 38.8 Å². The van der Waals surface area contributed by atoms with Gasteiger partial charge in [-0.1, -0.05) is 37.1 Å². The molecule has 0 unspecified atom stereocenters. The summed E-state index contributed by atoms with van der Waals surface area (Å²) in [7, 11) is 3.46. The van der Waals surface area contributed by atoms with E-state index in [9.17, 15) is 0 Å². The van der Waals surface area contributed by atoms with E-state index in [0.717, 1.165) is 41.7 Å². The highest BCUT2D eigenvalue weighted by Gasteiger charge is 2.11. The molecule has 0 spiro atoms. The second kappa shape index (κ2) is 12.5. The Labute approximate surface area is 191 Å². The van der Waals surface area contributed by atoms with Gasteiger partial charge < -0.3 is 20.3 Å². The van der Waals surface area contributed by atoms with Crippen LogP contribution in [0.3, 0.4) is 0 Å². The summed E-state index contributed by atoms with van der Waals surface area (Å²) in [6.07, 6.45) is 7.15. The first-order valence-electron chi connectivity index (χ1n) is 10.1. The minimum Gasteiger partial charge on any atom is -0.496 e. The average Bonchev–Trinajstić information content (AvgIpc) is 3.04. The van der Waals surface area contributed by atoms with Crippen molar-refractivity contribution < 1.29 is 4.74 Å². The van der Waals surface area contributed by atoms with Crippen LogP contribution in [0.2, 0.25) is 0 Å². The maximum absolute atomic E-state index is 5.40. The fourth-order valence-electron chi connectivity index (χ4n) is 3.44. The smallest absolute Gasteiger partial charge is 0.191 e. The van der Waals surface area contributed by atoms with Crippen LogP contribution in [0, 0.1) is 0 Å². The zero-order valence-electron chi connectivity index (χ0n) is 17.4. The van der Waals surface area contributed by atoms with Crippen molar-refractivity contribution in [2.75, 3.05) is 32.1 Å². The van der Waals surface area contributed by atoms with Crippen LogP contribution in [-0.4, -0.2) is 38.2 Å². The van der Waals surface area contributed by atoms with Crippen LogP contribution in [-0.2, 0) is 13.1 Å². The standard InChI is InChI=1S/C22H31N5O.HI/c1-23-22(26-17-19-9-5-6-10-20(19)28-2)25-16-18-11-12-21(24-15-18)27-13-7-3-4-8-14-27;/h5-6,9-12,15H,3-4,7-8,13-14,16-17H2,1-2H3,(H2,23,25,26);1H. The van der Waals surface area contributed by atoms with Gasteiger partial charge in [0.15, 0.2) is 5.96 Å². The molecule has 0 saturated carbocycles. The number of aliphatic imine (C=N–C) groups is 1. The van der Waals surface area contributed by atoms with Crippen molar-refractivity contribution in [2.24, 2.45) is 4.99 Å². The number of aromatic nitrogens is 1. The van der Waals surface area contributed by atoms with E-state index in [1.54, 1.807) is 14.2 Å². The number of ether oxygens (including phenoxy) is 1. The summed E-state index contributed by atoms with van der Waals surface area (Å²) >= 11 is 0. The first-order chi connectivity index (χ1) is 13.8. The predicted molar refractivity (Wildman–Crippen MR) is 130 cm³/mol. The summed E-state index contributed by atoms with van der Waals surface area (Å²) < 4.78 is 5.40. The van der Waals surface area contributed by atoms with Crippen LogP contribution in [0.15, 0.2) is 47.6 Å². The van der Waals surface area contributed by atoms with E-state index < -0.39 is 0 Å². The van der Waals surface area contributed by atoms with Gasteiger partial charge in [-0.2, -0.15) is 0 Å². The SMILES string of the molecule is CN=C(NCc1ccc(N2CCCCCC2)nc1)NCc1ccccc1OC.I. The first-order valence-corrected chi connectivity index (χ1v) is 10.1. The first kappa shape index (κ1) is 23.3. The maximum Gasteiger partial charge on any atom is 0.191 e. The number of anilines is 1. The van der Waals surface area contributed by atoms with Gasteiger partial charge in [0, 0.05) is 45.0 Å². The Morgan fingerprint density at radius 2 is 1.76 bits per heavy atom. The van der Waals surface area contributed by atoms with Gasteiger partial charge in [0.1, 0.15) is 11.6 Å². The number of methoxy groups -OCH3 is 1. The van der Waals surface area contributed by atoms with Gasteiger partial charge in [-0.3, -0.25) is 4.99 Å². The maximum atomic E-state index is 5.40. The quantitative estimate of drug-likeness (QED) is 0.351. The molecule has 7 heteroatoms. The Morgan fingerprint density at radius 1 is 1.03 bits per heavy atom. The molecule has 1 saturated heterocycles. The largest absolute Gasteiger partial charge is 0.496 e. The molecule has 1 aromatic carbocycles. The number of hydrogen-bond acceptors (Lipinski definition) is 4. The highest BCUT2D eigenvalue weighted by Crippen LogP contribution is 2.18. The lowest BCUT2D eigenvalue weighted by atomic mass is 10.2. The fourth-order valence-corrected chi connectivity index (χ4v) is 3.44. The van der Waals surface area contributed by atoms with E-state index in [1.165, 1.54) is 25.7 Å². The summed E-state index contributed by atoms with van der Waals surface area (Å²) in [6, 6.07) is 12.3. The van der Waals surface area contributed by atoms with Crippen molar-refractivity contribution in [3.05, 3.63) is 53.7 Å². The molecule has 2 N–H and O–H groups in total. The zero-order valence-corrected chi connectivity index (χ0v) is 19.7. The molecule has 0 bridgehead atoms. The van der Waals surface area contributed by atoms with Crippen LogP contribution in [0.4, 0.5) is 5.82 Å². The number of nitrogens with one attached hydrogen (secondary N) is 2. The summed E-state index contributed by atoms with van der Waals surface area (Å²) in [6.45, 7) is 3.56. The Hall–Kier alpha value is -2.03. The number of halogens is 1. The summed E-state index contributed by atoms with van der Waals surface area (Å²) in [4.78, 5) is 11.4. The molecule has 1 aliphatic heterocycles. The summed E-state index contributed by atoms with van der Waals surface area (Å²) in [5.41, 5.74) is 2.23. The highest BCUT2D eigenvalue weighted by atomic mass is 127. The van der Waals surface area contributed by atoms with Gasteiger partial charge in [0.25, 0.3) is 0 Å². The number of pyridine rings is 1. The number of para-hydroxylation sites is 1. The van der Waals surface area contributed by atoms with E-state index >= 15 is 0 Å². The molecule has 6 nitrogen and oxygen atoms in total. The van der Waals surface area contributed by atoms with E-state index in [4.69, 9.17) is 4.74 Å². The van der Waals surface area contributed by atoms with Gasteiger partial charge >= 0.3 is 0 Å². The molecular weight excluding hydrogens is 477 g/mol. The van der Waals surface area contributed by atoms with Crippen LogP contribution < -0.4 is 20.3 Å². The minimum atomic E-state index is 0. The van der Waals surface area contributed by atoms with Crippen LogP contribution >= 0.6 is 24.0 Å². The van der Waals surface area contributed by atoms with Gasteiger partial charge in [-0.05, 0) is 30.5 Å². The molecule has 0 aliphatic carbocycles. The van der Waals surface area contributed by atoms with Crippen LogP contribution in [0.1, 0.15) is 36.8 Å². The third kappa shape index (κ3) is 7.06. The van der Waals surface area contributed by atoms with Crippen LogP contribution in [0.5, 0.6) is 5.75 Å². The van der Waals surface area contributed by atoms with Gasteiger partial charge in [0.05, 0.1) is 7.11 Å². The monoisotopic (exact) mass is 509 g/mol. The molecule has 1 aromatic heterocycles. The van der Waals surface area contributed by atoms with Crippen molar-refractivity contribution in [1.82, 2.24) is 15.6 Å². The van der Waals surface area contributed by atoms with Crippen molar-refractivity contribution in [3.63, 3.8) is 0 Å². The normalized spacial score (nSPS) is 14.6. The van der Waals surface area contributed by atoms with Gasteiger partial charge in [-0.25, -0.2) is 4.98 Å². The third-order valence-corrected chi connectivity index (χ3v) is 5.06. The highest BCUT2D eigenvalue weighted by molar-refractivity contribution is 14.0. The number of nitrogens with zero attached hydrogens (tertiary/aromatic N) is 3. The molecular formula is C22H32IN5O. The second-order valence-electron chi connectivity index (χ2n) is 7.02. The van der Waals surface area contributed by atoms with E-state index in [0.29, 0.717) is 13.1 Å². The van der Waals surface area contributed by atoms with Crippen molar-refractivity contribution in [3.8, 4) is 5.75 Å². The third-order valence-electron chi connectivity index (χ3n) is 5.06. The average molecular weight is 509 g/mol. The molecule has 2 aromatic rings. The van der Waals surface area contributed by atoms with Gasteiger partial charge in [0.2, 0.25) is 0 Å². The fraction of sp³-hybridized carbons (Fsp3) is 0.455. The Morgan fingerprint density at radius 3 is 2.41 bits per heavy atom. The summed E-state index contributed by atoms with van der Waals surface area (Å²) in [5.74, 6) is 2.71. The van der Waals surface area contributed by atoms with Crippen molar-refractivity contribution >= 4 is 35.8 Å². The number of benzene rings is 1. The Kier molecular flexibility index (Phi) is 10.0. The molecule has 158 valence electrons. The Balaban J connectivity index is 0.00000300. The van der Waals surface area contributed by atoms with Gasteiger partial charge in [-0.15, -0.1) is 24.0 Å². The van der Waals surface area contributed by atoms with E-state index in [-0.39, 0.29) is 24.0 Å². The Bertz CT molecular complexity index is 758. The molecule has 1 aliphatic rings. The van der Waals surface area contributed by atoms with E-state index in [2.05, 4.69) is 37.6 Å². The molecule has 0 radical (unpaired) electrons. The number of hydrogen-bond donors (Lipinski definition) is 2. The molecule has 29 heavy (non-hydrogen) atoms. The van der Waals surface area contributed by atoms with Crippen molar-refractivity contribution in [1.29, 1.82) is 0 Å². The lowest BCUT2D eigenvalue weighted by molar-refractivity contribution is 0.409. The topological polar surface area (TPSA) is 61.8 Å². The van der Waals surface area contributed by atoms with E-state index in [1.807, 2.05) is 30.5 Å². The number of guanidine groups is 1. The molecule has 3 rings (SSSR count). The lowest BCUT2D eigenvalue weighted by Gasteiger charge is -2.21. The minimum absolute atomic E-state index is 0. The zero-order chi connectivity index (χ0) is 19.6. The molecule has 0 atom stereocenters. The molecule has 1 fully saturated rings. The molecule has 2 heterocycles. The second-order valence-corrected chi connectivity index (χ2v) is 7.02.